The quantitative estimate of drug-likeness (QED) is 0.866. The molecule has 20 heavy (non-hydrogen) atoms. The average Bonchev–Trinajstić information content (AvgIpc) is 2.99. The molecule has 0 bridgehead atoms. The van der Waals surface area contributed by atoms with Crippen LogP contribution in [0.15, 0.2) is 45.7 Å². The lowest BCUT2D eigenvalue weighted by atomic mass is 10.3. The Kier molecular flexibility index (Phi) is 3.66. The number of para-hydroxylation sites is 1. The second kappa shape index (κ2) is 5.60. The molecule has 1 amide bonds. The summed E-state index contributed by atoms with van der Waals surface area (Å²) in [6.45, 7) is 1.93. The number of aryl methyl sites for hydroxylation is 1. The molecule has 1 N–H and O–H groups in total. The number of benzene rings is 1. The molecule has 2 aromatic rings. The molecule has 2 heterocycles. The van der Waals surface area contributed by atoms with Crippen LogP contribution in [0.25, 0.3) is 6.08 Å². The van der Waals surface area contributed by atoms with Crippen molar-refractivity contribution >= 4 is 45.9 Å². The van der Waals surface area contributed by atoms with Crippen molar-refractivity contribution in [3.05, 3.63) is 51.3 Å². The Bertz CT molecular complexity index is 704. The van der Waals surface area contributed by atoms with E-state index in [9.17, 15) is 4.79 Å². The molecule has 1 aromatic heterocycles. The molecule has 0 aliphatic carbocycles. The second-order valence-corrected chi connectivity index (χ2v) is 6.04. The van der Waals surface area contributed by atoms with Crippen LogP contribution >= 0.6 is 23.1 Å². The molecule has 0 spiro atoms. The zero-order valence-electron chi connectivity index (χ0n) is 10.7. The molecule has 6 heteroatoms. The van der Waals surface area contributed by atoms with Gasteiger partial charge < -0.3 is 5.32 Å². The van der Waals surface area contributed by atoms with Crippen LogP contribution in [0.4, 0.5) is 5.69 Å². The zero-order chi connectivity index (χ0) is 13.9. The van der Waals surface area contributed by atoms with E-state index in [0.717, 1.165) is 16.3 Å². The monoisotopic (exact) mass is 301 g/mol. The van der Waals surface area contributed by atoms with Crippen molar-refractivity contribution in [3.8, 4) is 0 Å². The first kappa shape index (κ1) is 13.1. The number of aliphatic imine (C=N–C) groups is 1. The Morgan fingerprint density at radius 1 is 1.30 bits per heavy atom. The molecule has 1 aromatic carbocycles. The molecule has 1 aliphatic heterocycles. The Balaban J connectivity index is 1.84. The highest BCUT2D eigenvalue weighted by Crippen LogP contribution is 2.29. The lowest BCUT2D eigenvalue weighted by molar-refractivity contribution is -0.115. The molecule has 0 atom stereocenters. The predicted octanol–water partition coefficient (Wildman–Crippen LogP) is 3.34. The lowest BCUT2D eigenvalue weighted by Gasteiger charge is -1.94. The van der Waals surface area contributed by atoms with Gasteiger partial charge in [0.15, 0.2) is 5.17 Å². The normalized spacial score (nSPS) is 18.8. The number of hydrogen-bond acceptors (Lipinski definition) is 5. The fourth-order valence-electron chi connectivity index (χ4n) is 1.67. The van der Waals surface area contributed by atoms with Crippen molar-refractivity contribution < 1.29 is 4.79 Å². The highest BCUT2D eigenvalue weighted by molar-refractivity contribution is 8.18. The number of rotatable bonds is 2. The number of thiazole rings is 1. The zero-order valence-corrected chi connectivity index (χ0v) is 12.3. The van der Waals surface area contributed by atoms with Crippen LogP contribution in [0, 0.1) is 6.92 Å². The minimum absolute atomic E-state index is 0.113. The summed E-state index contributed by atoms with van der Waals surface area (Å²) >= 11 is 2.87. The predicted molar refractivity (Wildman–Crippen MR) is 84.1 cm³/mol. The van der Waals surface area contributed by atoms with Gasteiger partial charge in [0.25, 0.3) is 5.91 Å². The number of carbonyl (C=O) groups is 1. The summed E-state index contributed by atoms with van der Waals surface area (Å²) in [4.78, 5) is 22.1. The largest absolute Gasteiger partial charge is 0.300 e. The van der Waals surface area contributed by atoms with Gasteiger partial charge in [0.05, 0.1) is 26.7 Å². The van der Waals surface area contributed by atoms with Crippen LogP contribution in [0.5, 0.6) is 0 Å². The fourth-order valence-corrected chi connectivity index (χ4v) is 3.30. The van der Waals surface area contributed by atoms with Gasteiger partial charge in [0, 0.05) is 0 Å². The standard InChI is InChI=1S/C14H11N3OS2/c1-9-11(19-8-15-9)7-12-13(18)17-14(20-12)16-10-5-3-2-4-6-10/h2-8H,1H3,(H,16,17,18)/b12-7-. The van der Waals surface area contributed by atoms with Gasteiger partial charge in [-0.25, -0.2) is 9.98 Å². The molecule has 3 rings (SSSR count). The van der Waals surface area contributed by atoms with Gasteiger partial charge in [0.2, 0.25) is 0 Å². The minimum atomic E-state index is -0.113. The molecule has 100 valence electrons. The van der Waals surface area contributed by atoms with Crippen molar-refractivity contribution in [2.24, 2.45) is 4.99 Å². The van der Waals surface area contributed by atoms with Crippen molar-refractivity contribution in [2.45, 2.75) is 6.92 Å². The van der Waals surface area contributed by atoms with Crippen LogP contribution in [0.2, 0.25) is 0 Å². The number of carbonyl (C=O) groups excluding carboxylic acids is 1. The summed E-state index contributed by atoms with van der Waals surface area (Å²) in [7, 11) is 0. The summed E-state index contributed by atoms with van der Waals surface area (Å²) in [6, 6.07) is 9.56. The maximum Gasteiger partial charge on any atom is 0.264 e. The van der Waals surface area contributed by atoms with E-state index in [1.165, 1.54) is 23.1 Å². The Morgan fingerprint density at radius 3 is 2.80 bits per heavy atom. The fraction of sp³-hybridized carbons (Fsp3) is 0.0714. The molecule has 1 saturated heterocycles. The van der Waals surface area contributed by atoms with Gasteiger partial charge in [0.1, 0.15) is 0 Å². The SMILES string of the molecule is Cc1ncsc1/C=C1\SC(=Nc2ccccc2)NC1=O. The number of thioether (sulfide) groups is 1. The van der Waals surface area contributed by atoms with Crippen molar-refractivity contribution in [2.75, 3.05) is 0 Å². The average molecular weight is 301 g/mol. The van der Waals surface area contributed by atoms with E-state index >= 15 is 0 Å². The second-order valence-electron chi connectivity index (χ2n) is 4.12. The van der Waals surface area contributed by atoms with Crippen LogP contribution in [0.3, 0.4) is 0 Å². The van der Waals surface area contributed by atoms with E-state index in [-0.39, 0.29) is 5.91 Å². The van der Waals surface area contributed by atoms with E-state index in [2.05, 4.69) is 15.3 Å². The van der Waals surface area contributed by atoms with Crippen LogP contribution in [0.1, 0.15) is 10.6 Å². The van der Waals surface area contributed by atoms with Crippen LogP contribution < -0.4 is 5.32 Å². The van der Waals surface area contributed by atoms with E-state index in [0.29, 0.717) is 10.1 Å². The Labute approximate surface area is 124 Å². The number of aromatic nitrogens is 1. The number of nitrogens with zero attached hydrogens (tertiary/aromatic N) is 2. The molecule has 0 saturated carbocycles. The number of hydrogen-bond donors (Lipinski definition) is 1. The third-order valence-electron chi connectivity index (χ3n) is 2.68. The highest BCUT2D eigenvalue weighted by atomic mass is 32.2. The van der Waals surface area contributed by atoms with Crippen LogP contribution in [-0.2, 0) is 4.79 Å². The van der Waals surface area contributed by atoms with Gasteiger partial charge in [-0.15, -0.1) is 11.3 Å². The van der Waals surface area contributed by atoms with Gasteiger partial charge >= 0.3 is 0 Å². The summed E-state index contributed by atoms with van der Waals surface area (Å²) in [5, 5.41) is 3.38. The third-order valence-corrected chi connectivity index (χ3v) is 4.47. The molecule has 1 fully saturated rings. The van der Waals surface area contributed by atoms with Gasteiger partial charge in [-0.2, -0.15) is 0 Å². The van der Waals surface area contributed by atoms with Crippen LogP contribution in [-0.4, -0.2) is 16.1 Å². The number of nitrogens with one attached hydrogen (secondary N) is 1. The topological polar surface area (TPSA) is 54.4 Å². The molecule has 0 unspecified atom stereocenters. The van der Waals surface area contributed by atoms with Gasteiger partial charge in [-0.05, 0) is 36.9 Å². The van der Waals surface area contributed by atoms with Gasteiger partial charge in [-0.1, -0.05) is 18.2 Å². The van der Waals surface area contributed by atoms with Crippen molar-refractivity contribution in [1.29, 1.82) is 0 Å². The van der Waals surface area contributed by atoms with E-state index in [1.807, 2.05) is 43.3 Å². The molecule has 1 aliphatic rings. The summed E-state index contributed by atoms with van der Waals surface area (Å²) in [5.74, 6) is -0.113. The number of amidine groups is 1. The summed E-state index contributed by atoms with van der Waals surface area (Å²) in [6.07, 6.45) is 1.86. The Morgan fingerprint density at radius 2 is 2.10 bits per heavy atom. The summed E-state index contributed by atoms with van der Waals surface area (Å²) < 4.78 is 0. The third kappa shape index (κ3) is 2.81. The first-order valence-electron chi connectivity index (χ1n) is 5.97. The van der Waals surface area contributed by atoms with Gasteiger partial charge in [-0.3, -0.25) is 4.79 Å². The lowest BCUT2D eigenvalue weighted by Crippen LogP contribution is -2.19. The molecule has 4 nitrogen and oxygen atoms in total. The minimum Gasteiger partial charge on any atom is -0.300 e. The molecular formula is C14H11N3OS2. The first-order valence-corrected chi connectivity index (χ1v) is 7.67. The summed E-state index contributed by atoms with van der Waals surface area (Å²) in [5.41, 5.74) is 3.54. The molecule has 0 radical (unpaired) electrons. The van der Waals surface area contributed by atoms with Crippen molar-refractivity contribution in [3.63, 3.8) is 0 Å². The van der Waals surface area contributed by atoms with Crippen molar-refractivity contribution in [1.82, 2.24) is 10.3 Å². The maximum atomic E-state index is 11.9. The van der Waals surface area contributed by atoms with E-state index in [4.69, 9.17) is 0 Å². The molecular weight excluding hydrogens is 290 g/mol. The number of amides is 1. The Hall–Kier alpha value is -1.92. The smallest absolute Gasteiger partial charge is 0.264 e. The maximum absolute atomic E-state index is 11.9. The van der Waals surface area contributed by atoms with E-state index in [1.54, 1.807) is 5.51 Å². The highest BCUT2D eigenvalue weighted by Gasteiger charge is 2.24. The van der Waals surface area contributed by atoms with E-state index < -0.39 is 0 Å². The first-order chi connectivity index (χ1) is 9.72.